The molecule has 8 heteroatoms. The molecule has 0 aliphatic carbocycles. The number of anilines is 1. The van der Waals surface area contributed by atoms with Crippen LogP contribution in [0.25, 0.3) is 0 Å². The van der Waals surface area contributed by atoms with Gasteiger partial charge >= 0.3 is 6.03 Å². The van der Waals surface area contributed by atoms with Crippen molar-refractivity contribution in [2.75, 3.05) is 18.1 Å². The molecule has 3 aromatic carbocycles. The number of nitrogens with zero attached hydrogens (tertiary/aromatic N) is 2. The van der Waals surface area contributed by atoms with Crippen LogP contribution < -0.4 is 15.0 Å². The fourth-order valence-corrected chi connectivity index (χ4v) is 4.45. The van der Waals surface area contributed by atoms with Gasteiger partial charge in [-0.15, -0.1) is 0 Å². The smallest absolute Gasteiger partial charge is 0.325 e. The second-order valence-electron chi connectivity index (χ2n) is 8.42. The molecule has 1 fully saturated rings. The Hall–Kier alpha value is -4.20. The molecule has 2 aliphatic heterocycles. The van der Waals surface area contributed by atoms with E-state index in [4.69, 9.17) is 4.74 Å². The maximum atomic E-state index is 13.6. The van der Waals surface area contributed by atoms with Gasteiger partial charge in [-0.2, -0.15) is 0 Å². The molecule has 2 heterocycles. The standard InChI is InChI=1S/C26H22FN3O4/c1-26(18-11-13-19(27)14-12-18)24(32)29(25(33)28-26)15-23(31)30-20-9-5-6-10-22(20)34-16-21(30)17-7-3-2-4-8-17/h2-14,21H,15-16H2,1H3,(H,28,33)/t21-,26-/m0/s1. The molecule has 34 heavy (non-hydrogen) atoms. The molecule has 0 unspecified atom stereocenters. The molecular weight excluding hydrogens is 437 g/mol. The van der Waals surface area contributed by atoms with Gasteiger partial charge in [0.1, 0.15) is 30.3 Å². The minimum absolute atomic E-state index is 0.236. The van der Waals surface area contributed by atoms with Gasteiger partial charge in [0.15, 0.2) is 0 Å². The number of imide groups is 1. The van der Waals surface area contributed by atoms with Crippen LogP contribution in [0.3, 0.4) is 0 Å². The van der Waals surface area contributed by atoms with E-state index in [9.17, 15) is 18.8 Å². The van der Waals surface area contributed by atoms with Gasteiger partial charge in [0.25, 0.3) is 5.91 Å². The largest absolute Gasteiger partial charge is 0.489 e. The Balaban J connectivity index is 1.45. The molecule has 0 saturated carbocycles. The van der Waals surface area contributed by atoms with Crippen LogP contribution in [0.2, 0.25) is 0 Å². The molecule has 2 aliphatic rings. The summed E-state index contributed by atoms with van der Waals surface area (Å²) >= 11 is 0. The van der Waals surface area contributed by atoms with E-state index in [1.807, 2.05) is 36.4 Å². The summed E-state index contributed by atoms with van der Waals surface area (Å²) in [6.45, 7) is 1.33. The first kappa shape index (κ1) is 21.6. The van der Waals surface area contributed by atoms with E-state index in [0.29, 0.717) is 17.0 Å². The van der Waals surface area contributed by atoms with E-state index in [2.05, 4.69) is 5.32 Å². The molecule has 0 radical (unpaired) electrons. The predicted octanol–water partition coefficient (Wildman–Crippen LogP) is 3.76. The zero-order chi connectivity index (χ0) is 23.9. The van der Waals surface area contributed by atoms with Gasteiger partial charge in [-0.1, -0.05) is 54.6 Å². The maximum absolute atomic E-state index is 13.6. The van der Waals surface area contributed by atoms with Crippen LogP contribution in [0, 0.1) is 5.82 Å². The molecule has 5 rings (SSSR count). The second kappa shape index (κ2) is 8.30. The quantitative estimate of drug-likeness (QED) is 0.603. The lowest BCUT2D eigenvalue weighted by Crippen LogP contribution is -2.48. The second-order valence-corrected chi connectivity index (χ2v) is 8.42. The number of nitrogens with one attached hydrogen (secondary N) is 1. The van der Waals surface area contributed by atoms with Crippen molar-refractivity contribution in [3.05, 3.63) is 95.8 Å². The topological polar surface area (TPSA) is 79.0 Å². The number of hydrogen-bond donors (Lipinski definition) is 1. The van der Waals surface area contributed by atoms with Crippen LogP contribution in [0.15, 0.2) is 78.9 Å². The number of carbonyl (C=O) groups is 3. The summed E-state index contributed by atoms with van der Waals surface area (Å²) in [5.41, 5.74) is 0.480. The highest BCUT2D eigenvalue weighted by atomic mass is 19.1. The number of benzene rings is 3. The van der Waals surface area contributed by atoms with Gasteiger partial charge in [0.2, 0.25) is 5.91 Å². The molecule has 172 valence electrons. The molecule has 4 amide bonds. The Morgan fingerprint density at radius 3 is 2.44 bits per heavy atom. The van der Waals surface area contributed by atoms with Crippen molar-refractivity contribution >= 4 is 23.5 Å². The highest BCUT2D eigenvalue weighted by Gasteiger charge is 2.50. The van der Waals surface area contributed by atoms with E-state index < -0.39 is 41.8 Å². The van der Waals surface area contributed by atoms with Gasteiger partial charge in [-0.3, -0.25) is 19.4 Å². The van der Waals surface area contributed by atoms with Crippen LogP contribution in [0.4, 0.5) is 14.9 Å². The van der Waals surface area contributed by atoms with Gasteiger partial charge in [0.05, 0.1) is 11.7 Å². The fourth-order valence-electron chi connectivity index (χ4n) is 4.45. The molecule has 2 atom stereocenters. The van der Waals surface area contributed by atoms with Crippen molar-refractivity contribution in [2.45, 2.75) is 18.5 Å². The highest BCUT2D eigenvalue weighted by molar-refractivity contribution is 6.10. The molecule has 0 aromatic heterocycles. The van der Waals surface area contributed by atoms with Crippen molar-refractivity contribution in [2.24, 2.45) is 0 Å². The summed E-state index contributed by atoms with van der Waals surface area (Å²) < 4.78 is 19.3. The van der Waals surface area contributed by atoms with E-state index in [1.54, 1.807) is 30.0 Å². The summed E-state index contributed by atoms with van der Waals surface area (Å²) in [7, 11) is 0. The number of ether oxygens (including phenoxy) is 1. The van der Waals surface area contributed by atoms with Gasteiger partial charge < -0.3 is 10.1 Å². The highest BCUT2D eigenvalue weighted by Crippen LogP contribution is 2.39. The summed E-state index contributed by atoms with van der Waals surface area (Å²) in [5.74, 6) is -0.891. The fraction of sp³-hybridized carbons (Fsp3) is 0.192. The number of carbonyl (C=O) groups excluding carboxylic acids is 3. The number of hydrogen-bond acceptors (Lipinski definition) is 4. The molecule has 0 bridgehead atoms. The minimum atomic E-state index is -1.40. The summed E-state index contributed by atoms with van der Waals surface area (Å²) in [5, 5.41) is 2.66. The summed E-state index contributed by atoms with van der Waals surface area (Å²) in [4.78, 5) is 42.2. The van der Waals surface area contributed by atoms with Crippen molar-refractivity contribution in [3.8, 4) is 5.75 Å². The molecule has 1 saturated heterocycles. The molecule has 1 N–H and O–H groups in total. The average Bonchev–Trinajstić information content (AvgIpc) is 3.07. The maximum Gasteiger partial charge on any atom is 0.325 e. The van der Waals surface area contributed by atoms with Crippen LogP contribution in [0.5, 0.6) is 5.75 Å². The normalized spacial score (nSPS) is 21.6. The van der Waals surface area contributed by atoms with Crippen molar-refractivity contribution in [1.29, 1.82) is 0 Å². The van der Waals surface area contributed by atoms with Gasteiger partial charge in [0, 0.05) is 0 Å². The van der Waals surface area contributed by atoms with Crippen molar-refractivity contribution in [1.82, 2.24) is 10.2 Å². The van der Waals surface area contributed by atoms with Crippen molar-refractivity contribution in [3.63, 3.8) is 0 Å². The molecule has 3 aromatic rings. The Morgan fingerprint density at radius 2 is 1.71 bits per heavy atom. The van der Waals surface area contributed by atoms with E-state index in [1.165, 1.54) is 24.3 Å². The Bertz CT molecular complexity index is 1260. The van der Waals surface area contributed by atoms with Gasteiger partial charge in [-0.05, 0) is 42.3 Å². The number of rotatable bonds is 4. The third-order valence-corrected chi connectivity index (χ3v) is 6.28. The zero-order valence-electron chi connectivity index (χ0n) is 18.4. The van der Waals surface area contributed by atoms with E-state index >= 15 is 0 Å². The Kier molecular flexibility index (Phi) is 5.28. The number of para-hydroxylation sites is 2. The predicted molar refractivity (Wildman–Crippen MR) is 123 cm³/mol. The summed E-state index contributed by atoms with van der Waals surface area (Å²) in [6, 6.07) is 20.9. The first-order chi connectivity index (χ1) is 16.4. The third-order valence-electron chi connectivity index (χ3n) is 6.28. The Labute approximate surface area is 195 Å². The lowest BCUT2D eigenvalue weighted by molar-refractivity contribution is -0.134. The van der Waals surface area contributed by atoms with Crippen LogP contribution in [-0.2, 0) is 15.1 Å². The molecular formula is C26H22FN3O4. The molecule has 7 nitrogen and oxygen atoms in total. The molecule has 0 spiro atoms. The summed E-state index contributed by atoms with van der Waals surface area (Å²) in [6.07, 6.45) is 0. The number of halogens is 1. The number of fused-ring (bicyclic) bond motifs is 1. The monoisotopic (exact) mass is 459 g/mol. The van der Waals surface area contributed by atoms with Crippen LogP contribution in [-0.4, -0.2) is 35.9 Å². The Morgan fingerprint density at radius 1 is 1.03 bits per heavy atom. The first-order valence-electron chi connectivity index (χ1n) is 10.9. The van der Waals surface area contributed by atoms with E-state index in [-0.39, 0.29) is 6.61 Å². The minimum Gasteiger partial charge on any atom is -0.489 e. The van der Waals surface area contributed by atoms with Crippen LogP contribution in [0.1, 0.15) is 24.1 Å². The number of amides is 4. The van der Waals surface area contributed by atoms with Crippen LogP contribution >= 0.6 is 0 Å². The average molecular weight is 459 g/mol. The lowest BCUT2D eigenvalue weighted by Gasteiger charge is -2.37. The van der Waals surface area contributed by atoms with Crippen molar-refractivity contribution < 1.29 is 23.5 Å². The number of urea groups is 1. The first-order valence-corrected chi connectivity index (χ1v) is 10.9. The zero-order valence-corrected chi connectivity index (χ0v) is 18.4. The third kappa shape index (κ3) is 3.57. The van der Waals surface area contributed by atoms with E-state index in [0.717, 1.165) is 10.5 Å². The SMILES string of the molecule is C[C@@]1(c2ccc(F)cc2)NC(=O)N(CC(=O)N2c3ccccc3OC[C@H]2c2ccccc2)C1=O. The van der Waals surface area contributed by atoms with Gasteiger partial charge in [-0.25, -0.2) is 9.18 Å². The lowest BCUT2D eigenvalue weighted by atomic mass is 9.92.